The molecule has 28 heavy (non-hydrogen) atoms. The van der Waals surface area contributed by atoms with Gasteiger partial charge in [-0.05, 0) is 23.6 Å². The maximum Gasteiger partial charge on any atom is 0.220 e. The highest BCUT2D eigenvalue weighted by Gasteiger charge is 2.10. The summed E-state index contributed by atoms with van der Waals surface area (Å²) >= 11 is 0. The van der Waals surface area contributed by atoms with Gasteiger partial charge in [-0.2, -0.15) is 5.10 Å². The Bertz CT molecular complexity index is 916. The number of aromatic amines is 1. The Hall–Kier alpha value is -3.26. The van der Waals surface area contributed by atoms with Crippen LogP contribution in [-0.2, 0) is 17.8 Å². The minimum Gasteiger partial charge on any atom is -0.487 e. The number of halogens is 1. The molecule has 0 aliphatic heterocycles. The second-order valence-electron chi connectivity index (χ2n) is 6.15. The molecule has 0 spiro atoms. The molecule has 3 N–H and O–H groups in total. The fourth-order valence-electron chi connectivity index (χ4n) is 2.67. The summed E-state index contributed by atoms with van der Waals surface area (Å²) in [5, 5.41) is 17.8. The van der Waals surface area contributed by atoms with Gasteiger partial charge in [0.25, 0.3) is 0 Å². The maximum atomic E-state index is 14.2. The summed E-state index contributed by atoms with van der Waals surface area (Å²) in [5.41, 5.74) is 2.59. The van der Waals surface area contributed by atoms with Crippen LogP contribution in [0.4, 0.5) is 4.39 Å². The standard InChI is InChI=1S/C20H21FN4O3/c21-17-11-16(12-23-20(17)18-6-7-24-25-18)28-13-15-3-1-2-14(10-15)4-5-19(27)22-8-9-26/h1-3,6-7,10-12,26H,4-5,8-9,13H2,(H,22,27)(H,24,25). The van der Waals surface area contributed by atoms with E-state index in [1.54, 1.807) is 6.07 Å². The van der Waals surface area contributed by atoms with Gasteiger partial charge in [-0.1, -0.05) is 24.3 Å². The molecule has 146 valence electrons. The molecule has 0 atom stereocenters. The van der Waals surface area contributed by atoms with Gasteiger partial charge in [-0.15, -0.1) is 0 Å². The predicted octanol–water partition coefficient (Wildman–Crippen LogP) is 2.23. The van der Waals surface area contributed by atoms with Gasteiger partial charge in [-0.3, -0.25) is 9.89 Å². The van der Waals surface area contributed by atoms with Gasteiger partial charge in [0.15, 0.2) is 5.82 Å². The van der Waals surface area contributed by atoms with Crippen molar-refractivity contribution in [1.82, 2.24) is 20.5 Å². The highest BCUT2D eigenvalue weighted by atomic mass is 19.1. The number of carbonyl (C=O) groups excluding carboxylic acids is 1. The molecule has 0 saturated heterocycles. The zero-order chi connectivity index (χ0) is 19.8. The lowest BCUT2D eigenvalue weighted by atomic mass is 10.1. The number of hydrogen-bond acceptors (Lipinski definition) is 5. The number of H-pyrrole nitrogens is 1. The minimum atomic E-state index is -0.496. The van der Waals surface area contributed by atoms with E-state index in [1.165, 1.54) is 18.5 Å². The summed E-state index contributed by atoms with van der Waals surface area (Å²) in [7, 11) is 0. The first-order valence-electron chi connectivity index (χ1n) is 8.89. The van der Waals surface area contributed by atoms with Gasteiger partial charge in [0.05, 0.1) is 18.5 Å². The van der Waals surface area contributed by atoms with Crippen LogP contribution < -0.4 is 10.1 Å². The van der Waals surface area contributed by atoms with Crippen molar-refractivity contribution in [3.05, 3.63) is 65.7 Å². The van der Waals surface area contributed by atoms with E-state index in [-0.39, 0.29) is 31.4 Å². The Morgan fingerprint density at radius 2 is 2.11 bits per heavy atom. The summed E-state index contributed by atoms with van der Waals surface area (Å²) in [5.74, 6) is -0.270. The number of amides is 1. The van der Waals surface area contributed by atoms with E-state index in [0.717, 1.165) is 11.1 Å². The third-order valence-electron chi connectivity index (χ3n) is 4.04. The average Bonchev–Trinajstić information content (AvgIpc) is 3.24. The number of nitrogens with zero attached hydrogens (tertiary/aromatic N) is 2. The molecule has 2 heterocycles. The number of aryl methyl sites for hydroxylation is 1. The minimum absolute atomic E-state index is 0.0725. The van der Waals surface area contributed by atoms with Crippen LogP contribution in [0.1, 0.15) is 17.5 Å². The lowest BCUT2D eigenvalue weighted by Crippen LogP contribution is -2.26. The van der Waals surface area contributed by atoms with Gasteiger partial charge in [-0.25, -0.2) is 9.37 Å². The van der Waals surface area contributed by atoms with Gasteiger partial charge in [0.1, 0.15) is 18.1 Å². The van der Waals surface area contributed by atoms with Gasteiger partial charge >= 0.3 is 0 Å². The number of nitrogens with one attached hydrogen (secondary N) is 2. The topological polar surface area (TPSA) is 100 Å². The normalized spacial score (nSPS) is 10.6. The number of ether oxygens (including phenoxy) is 1. The quantitative estimate of drug-likeness (QED) is 0.525. The van der Waals surface area contributed by atoms with E-state index in [0.29, 0.717) is 24.3 Å². The molecule has 0 aliphatic carbocycles. The average molecular weight is 384 g/mol. The SMILES string of the molecule is O=C(CCc1cccc(COc2cnc(-c3ccn[nH]3)c(F)c2)c1)NCCO. The van der Waals surface area contributed by atoms with E-state index < -0.39 is 5.82 Å². The van der Waals surface area contributed by atoms with Crippen LogP contribution in [-0.4, -0.2) is 39.3 Å². The molecule has 0 fully saturated rings. The zero-order valence-electron chi connectivity index (χ0n) is 15.2. The second-order valence-corrected chi connectivity index (χ2v) is 6.15. The van der Waals surface area contributed by atoms with Crippen LogP contribution >= 0.6 is 0 Å². The molecule has 1 aromatic carbocycles. The van der Waals surface area contributed by atoms with E-state index in [2.05, 4.69) is 20.5 Å². The van der Waals surface area contributed by atoms with Crippen molar-refractivity contribution < 1.29 is 19.0 Å². The van der Waals surface area contributed by atoms with E-state index in [1.807, 2.05) is 24.3 Å². The Kier molecular flexibility index (Phi) is 6.69. The number of aliphatic hydroxyl groups is 1. The summed E-state index contributed by atoms with van der Waals surface area (Å²) in [6, 6.07) is 10.6. The molecule has 0 saturated carbocycles. The molecule has 2 aromatic heterocycles. The fraction of sp³-hybridized carbons (Fsp3) is 0.250. The molecule has 3 rings (SSSR count). The molecular formula is C20H21FN4O3. The van der Waals surface area contributed by atoms with Gasteiger partial charge in [0.2, 0.25) is 5.91 Å². The number of carbonyl (C=O) groups is 1. The Morgan fingerprint density at radius 1 is 1.25 bits per heavy atom. The smallest absolute Gasteiger partial charge is 0.220 e. The van der Waals surface area contributed by atoms with Crippen LogP contribution in [0.3, 0.4) is 0 Å². The number of rotatable bonds is 9. The van der Waals surface area contributed by atoms with E-state index in [9.17, 15) is 9.18 Å². The van der Waals surface area contributed by atoms with Crippen molar-refractivity contribution >= 4 is 5.91 Å². The largest absolute Gasteiger partial charge is 0.487 e. The monoisotopic (exact) mass is 384 g/mol. The fourth-order valence-corrected chi connectivity index (χ4v) is 2.67. The van der Waals surface area contributed by atoms with Crippen LogP contribution in [0.25, 0.3) is 11.4 Å². The summed E-state index contributed by atoms with van der Waals surface area (Å²) < 4.78 is 19.9. The Labute approximate surface area is 161 Å². The van der Waals surface area contributed by atoms with Crippen molar-refractivity contribution in [3.8, 4) is 17.1 Å². The first kappa shape index (κ1) is 19.5. The van der Waals surface area contributed by atoms with E-state index in [4.69, 9.17) is 9.84 Å². The molecule has 1 amide bonds. The molecule has 0 aliphatic rings. The third kappa shape index (κ3) is 5.37. The Morgan fingerprint density at radius 3 is 2.86 bits per heavy atom. The second kappa shape index (κ2) is 9.61. The summed E-state index contributed by atoms with van der Waals surface area (Å²) in [6.45, 7) is 0.447. The highest BCUT2D eigenvalue weighted by molar-refractivity contribution is 5.76. The summed E-state index contributed by atoms with van der Waals surface area (Å²) in [6.07, 6.45) is 3.92. The first-order valence-corrected chi connectivity index (χ1v) is 8.89. The highest BCUT2D eigenvalue weighted by Crippen LogP contribution is 2.22. The predicted molar refractivity (Wildman–Crippen MR) is 101 cm³/mol. The molecule has 3 aromatic rings. The van der Waals surface area contributed by atoms with Crippen molar-refractivity contribution in [1.29, 1.82) is 0 Å². The van der Waals surface area contributed by atoms with Crippen molar-refractivity contribution in [2.45, 2.75) is 19.4 Å². The molecule has 0 unspecified atom stereocenters. The maximum absolute atomic E-state index is 14.2. The number of pyridine rings is 1. The molecule has 8 heteroatoms. The lowest BCUT2D eigenvalue weighted by Gasteiger charge is -2.09. The third-order valence-corrected chi connectivity index (χ3v) is 4.04. The van der Waals surface area contributed by atoms with Crippen molar-refractivity contribution in [3.63, 3.8) is 0 Å². The zero-order valence-corrected chi connectivity index (χ0v) is 15.2. The number of aliphatic hydroxyl groups excluding tert-OH is 1. The van der Waals surface area contributed by atoms with Crippen LogP contribution in [0.5, 0.6) is 5.75 Å². The Balaban J connectivity index is 1.56. The van der Waals surface area contributed by atoms with Crippen molar-refractivity contribution in [2.24, 2.45) is 0 Å². The van der Waals surface area contributed by atoms with Gasteiger partial charge < -0.3 is 15.2 Å². The lowest BCUT2D eigenvalue weighted by molar-refractivity contribution is -0.121. The number of benzene rings is 1. The van der Waals surface area contributed by atoms with Crippen LogP contribution in [0, 0.1) is 5.82 Å². The summed E-state index contributed by atoms with van der Waals surface area (Å²) in [4.78, 5) is 15.7. The van der Waals surface area contributed by atoms with Gasteiger partial charge in [0, 0.05) is 25.2 Å². The van der Waals surface area contributed by atoms with Crippen LogP contribution in [0.2, 0.25) is 0 Å². The van der Waals surface area contributed by atoms with Crippen LogP contribution in [0.15, 0.2) is 48.8 Å². The number of aromatic nitrogens is 3. The molecule has 0 bridgehead atoms. The molecule has 0 radical (unpaired) electrons. The molecular weight excluding hydrogens is 363 g/mol. The van der Waals surface area contributed by atoms with Crippen molar-refractivity contribution in [2.75, 3.05) is 13.2 Å². The molecule has 7 nitrogen and oxygen atoms in total. The number of hydrogen-bond donors (Lipinski definition) is 3. The first-order chi connectivity index (χ1) is 13.7. The van der Waals surface area contributed by atoms with E-state index >= 15 is 0 Å².